The molecule has 0 radical (unpaired) electrons. The van der Waals surface area contributed by atoms with Crippen LogP contribution in [0.1, 0.15) is 6.92 Å². The van der Waals surface area contributed by atoms with Gasteiger partial charge in [-0.3, -0.25) is 9.59 Å². The van der Waals surface area contributed by atoms with Crippen LogP contribution in [-0.2, 0) is 11.3 Å². The maximum absolute atomic E-state index is 11.7. The summed E-state index contributed by atoms with van der Waals surface area (Å²) in [6.07, 6.45) is 1.53. The first kappa shape index (κ1) is 16.5. The lowest BCUT2D eigenvalue weighted by molar-refractivity contribution is -0.123. The van der Waals surface area contributed by atoms with Crippen LogP contribution in [0.3, 0.4) is 0 Å². The van der Waals surface area contributed by atoms with E-state index in [4.69, 9.17) is 9.47 Å². The second kappa shape index (κ2) is 8.57. The molecule has 0 saturated carbocycles. The lowest BCUT2D eigenvalue weighted by atomic mass is 10.3. The van der Waals surface area contributed by atoms with E-state index in [2.05, 4.69) is 10.4 Å². The molecule has 0 atom stereocenters. The smallest absolute Gasteiger partial charge is 0.266 e. The summed E-state index contributed by atoms with van der Waals surface area (Å²) in [5.74, 6) is 1.08. The Labute approximate surface area is 133 Å². The van der Waals surface area contributed by atoms with Crippen molar-refractivity contribution in [1.82, 2.24) is 15.1 Å². The summed E-state index contributed by atoms with van der Waals surface area (Å²) < 4.78 is 12.0. The number of hydrogen-bond donors (Lipinski definition) is 1. The maximum atomic E-state index is 11.7. The van der Waals surface area contributed by atoms with E-state index in [-0.39, 0.29) is 18.1 Å². The highest BCUT2D eigenvalue weighted by atomic mass is 16.5. The highest BCUT2D eigenvalue weighted by molar-refractivity contribution is 5.77. The third-order valence-corrected chi connectivity index (χ3v) is 2.94. The van der Waals surface area contributed by atoms with Gasteiger partial charge in [0.05, 0.1) is 13.2 Å². The molecular formula is C16H19N3O4. The van der Waals surface area contributed by atoms with Crippen molar-refractivity contribution < 1.29 is 14.3 Å². The number of rotatable bonds is 8. The first-order chi connectivity index (χ1) is 11.2. The minimum Gasteiger partial charge on any atom is -0.494 e. The largest absolute Gasteiger partial charge is 0.494 e. The second-order valence-corrected chi connectivity index (χ2v) is 4.63. The Morgan fingerprint density at radius 3 is 2.52 bits per heavy atom. The fraction of sp³-hybridized carbons (Fsp3) is 0.312. The lowest BCUT2D eigenvalue weighted by Gasteiger charge is -2.09. The van der Waals surface area contributed by atoms with Gasteiger partial charge in [-0.05, 0) is 37.3 Å². The monoisotopic (exact) mass is 317 g/mol. The third kappa shape index (κ3) is 5.46. The molecule has 0 aliphatic rings. The molecule has 0 bridgehead atoms. The van der Waals surface area contributed by atoms with Crippen LogP contribution >= 0.6 is 0 Å². The van der Waals surface area contributed by atoms with Crippen molar-refractivity contribution >= 4 is 5.91 Å². The Morgan fingerprint density at radius 2 is 1.87 bits per heavy atom. The van der Waals surface area contributed by atoms with Crippen molar-refractivity contribution in [2.24, 2.45) is 0 Å². The van der Waals surface area contributed by atoms with Crippen LogP contribution in [0.25, 0.3) is 0 Å². The molecule has 2 aromatic rings. The molecule has 1 N–H and O–H groups in total. The molecule has 23 heavy (non-hydrogen) atoms. The normalized spacial score (nSPS) is 10.1. The third-order valence-electron chi connectivity index (χ3n) is 2.94. The fourth-order valence-electron chi connectivity index (χ4n) is 1.86. The minimum atomic E-state index is -0.261. The number of amides is 1. The molecule has 1 aromatic heterocycles. The Balaban J connectivity index is 1.70. The van der Waals surface area contributed by atoms with E-state index in [1.54, 1.807) is 30.3 Å². The van der Waals surface area contributed by atoms with Gasteiger partial charge in [0.15, 0.2) is 6.61 Å². The molecule has 0 aliphatic heterocycles. The molecule has 122 valence electrons. The zero-order chi connectivity index (χ0) is 16.5. The summed E-state index contributed by atoms with van der Waals surface area (Å²) in [5, 5.41) is 6.57. The number of ether oxygens (including phenoxy) is 2. The number of carbonyl (C=O) groups is 1. The zero-order valence-corrected chi connectivity index (χ0v) is 12.9. The molecule has 1 amide bonds. The number of hydrogen-bond acceptors (Lipinski definition) is 5. The van der Waals surface area contributed by atoms with Crippen LogP contribution in [0.15, 0.2) is 47.4 Å². The predicted octanol–water partition coefficient (Wildman–Crippen LogP) is 0.837. The average Bonchev–Trinajstić information content (AvgIpc) is 2.56. The van der Waals surface area contributed by atoms with Crippen molar-refractivity contribution in [3.63, 3.8) is 0 Å². The summed E-state index contributed by atoms with van der Waals surface area (Å²) in [7, 11) is 0. The van der Waals surface area contributed by atoms with Crippen LogP contribution in [-0.4, -0.2) is 35.4 Å². The van der Waals surface area contributed by atoms with Crippen molar-refractivity contribution in [3.8, 4) is 11.5 Å². The van der Waals surface area contributed by atoms with E-state index in [1.165, 1.54) is 16.9 Å². The molecular weight excluding hydrogens is 298 g/mol. The molecule has 7 heteroatoms. The van der Waals surface area contributed by atoms with E-state index in [0.29, 0.717) is 25.4 Å². The molecule has 0 saturated heterocycles. The summed E-state index contributed by atoms with van der Waals surface area (Å²) >= 11 is 0. The molecule has 0 fully saturated rings. The molecule has 1 aromatic carbocycles. The minimum absolute atomic E-state index is 0.0922. The van der Waals surface area contributed by atoms with Crippen molar-refractivity contribution in [3.05, 3.63) is 52.9 Å². The standard InChI is InChI=1S/C16H19N3O4/c1-2-22-13-5-7-14(8-6-13)23-12-15(20)17-10-11-19-16(21)4-3-9-18-19/h3-9H,2,10-12H2,1H3,(H,17,20). The molecule has 2 rings (SSSR count). The van der Waals surface area contributed by atoms with Crippen LogP contribution < -0.4 is 20.3 Å². The number of nitrogens with one attached hydrogen (secondary N) is 1. The van der Waals surface area contributed by atoms with E-state index in [0.717, 1.165) is 5.75 Å². The van der Waals surface area contributed by atoms with Gasteiger partial charge in [0.2, 0.25) is 0 Å². The molecule has 0 spiro atoms. The Morgan fingerprint density at radius 1 is 1.17 bits per heavy atom. The topological polar surface area (TPSA) is 82.4 Å². The van der Waals surface area contributed by atoms with E-state index in [9.17, 15) is 9.59 Å². The Kier molecular flexibility index (Phi) is 6.17. The quantitative estimate of drug-likeness (QED) is 0.780. The number of nitrogens with zero attached hydrogens (tertiary/aromatic N) is 2. The Hall–Kier alpha value is -2.83. The van der Waals surface area contributed by atoms with Gasteiger partial charge in [-0.2, -0.15) is 5.10 Å². The van der Waals surface area contributed by atoms with Gasteiger partial charge in [0.1, 0.15) is 11.5 Å². The van der Waals surface area contributed by atoms with E-state index >= 15 is 0 Å². The SMILES string of the molecule is CCOc1ccc(OCC(=O)NCCn2ncccc2=O)cc1. The number of aromatic nitrogens is 2. The van der Waals surface area contributed by atoms with Gasteiger partial charge in [-0.15, -0.1) is 0 Å². The summed E-state index contributed by atoms with van der Waals surface area (Å²) in [6.45, 7) is 3.04. The van der Waals surface area contributed by atoms with Crippen LogP contribution in [0, 0.1) is 0 Å². The summed E-state index contributed by atoms with van der Waals surface area (Å²) in [4.78, 5) is 23.1. The second-order valence-electron chi connectivity index (χ2n) is 4.63. The van der Waals surface area contributed by atoms with Crippen molar-refractivity contribution in [2.75, 3.05) is 19.8 Å². The van der Waals surface area contributed by atoms with Gasteiger partial charge in [0.25, 0.3) is 11.5 Å². The van der Waals surface area contributed by atoms with Crippen molar-refractivity contribution in [1.29, 1.82) is 0 Å². The fourth-order valence-corrected chi connectivity index (χ4v) is 1.86. The van der Waals surface area contributed by atoms with Crippen LogP contribution in [0.2, 0.25) is 0 Å². The number of benzene rings is 1. The van der Waals surface area contributed by atoms with Gasteiger partial charge in [-0.1, -0.05) is 0 Å². The van der Waals surface area contributed by atoms with E-state index in [1.807, 2.05) is 6.92 Å². The highest BCUT2D eigenvalue weighted by Crippen LogP contribution is 2.17. The summed E-state index contributed by atoms with van der Waals surface area (Å²) in [6, 6.07) is 10.0. The average molecular weight is 317 g/mol. The highest BCUT2D eigenvalue weighted by Gasteiger charge is 2.03. The van der Waals surface area contributed by atoms with E-state index < -0.39 is 0 Å². The molecule has 7 nitrogen and oxygen atoms in total. The Bertz CT molecular complexity index is 682. The van der Waals surface area contributed by atoms with Crippen LogP contribution in [0.4, 0.5) is 0 Å². The van der Waals surface area contributed by atoms with Gasteiger partial charge in [-0.25, -0.2) is 4.68 Å². The van der Waals surface area contributed by atoms with Gasteiger partial charge in [0, 0.05) is 18.8 Å². The first-order valence-corrected chi connectivity index (χ1v) is 7.33. The van der Waals surface area contributed by atoms with Crippen molar-refractivity contribution in [2.45, 2.75) is 13.5 Å². The van der Waals surface area contributed by atoms with Crippen LogP contribution in [0.5, 0.6) is 11.5 Å². The maximum Gasteiger partial charge on any atom is 0.266 e. The molecule has 0 unspecified atom stereocenters. The van der Waals surface area contributed by atoms with Gasteiger partial charge < -0.3 is 14.8 Å². The lowest BCUT2D eigenvalue weighted by Crippen LogP contribution is -2.34. The predicted molar refractivity (Wildman–Crippen MR) is 84.6 cm³/mol. The molecule has 1 heterocycles. The first-order valence-electron chi connectivity index (χ1n) is 7.33. The number of carbonyl (C=O) groups excluding carboxylic acids is 1. The zero-order valence-electron chi connectivity index (χ0n) is 12.9. The molecule has 0 aliphatic carbocycles. The summed E-state index contributed by atoms with van der Waals surface area (Å²) in [5.41, 5.74) is -0.201. The van der Waals surface area contributed by atoms with Gasteiger partial charge >= 0.3 is 0 Å².